The zero-order valence-electron chi connectivity index (χ0n) is 21.4. The molecule has 0 radical (unpaired) electrons. The molecule has 33 heavy (non-hydrogen) atoms. The molecule has 0 spiro atoms. The van der Waals surface area contributed by atoms with Crippen molar-refractivity contribution in [3.05, 3.63) is 12.7 Å². The van der Waals surface area contributed by atoms with Crippen LogP contribution in [0.2, 0.25) is 0 Å². The van der Waals surface area contributed by atoms with Crippen LogP contribution in [0.1, 0.15) is 129 Å². The molecule has 1 rings (SSSR count). The van der Waals surface area contributed by atoms with E-state index in [1.54, 1.807) is 6.08 Å². The van der Waals surface area contributed by atoms with Gasteiger partial charge in [-0.25, -0.2) is 9.59 Å². The second-order valence-corrected chi connectivity index (χ2v) is 9.64. The molecule has 1 saturated carbocycles. The number of ether oxygens (including phenoxy) is 2. The van der Waals surface area contributed by atoms with E-state index in [1.807, 2.05) is 0 Å². The first-order valence-electron chi connectivity index (χ1n) is 13.9. The number of rotatable bonds is 20. The smallest absolute Gasteiger partial charge is 0.407 e. The van der Waals surface area contributed by atoms with E-state index in [4.69, 9.17) is 9.47 Å². The topological polar surface area (TPSA) is 64.6 Å². The molecule has 1 N–H and O–H groups in total. The molecule has 1 aliphatic carbocycles. The number of alkyl carbamates (subject to hydrolysis) is 1. The molecule has 0 aromatic carbocycles. The zero-order valence-corrected chi connectivity index (χ0v) is 21.4. The van der Waals surface area contributed by atoms with E-state index in [9.17, 15) is 9.59 Å². The van der Waals surface area contributed by atoms with Crippen LogP contribution >= 0.6 is 0 Å². The summed E-state index contributed by atoms with van der Waals surface area (Å²) in [6.45, 7) is 6.60. The van der Waals surface area contributed by atoms with Gasteiger partial charge in [0, 0.05) is 0 Å². The summed E-state index contributed by atoms with van der Waals surface area (Å²) < 4.78 is 10.7. The maximum absolute atomic E-state index is 12.7. The number of carbonyl (C=O) groups excluding carboxylic acids is 2. The lowest BCUT2D eigenvalue weighted by Gasteiger charge is -2.29. The third-order valence-corrected chi connectivity index (χ3v) is 6.70. The molecule has 0 bridgehead atoms. The second kappa shape index (κ2) is 21.0. The molecule has 0 heterocycles. The Morgan fingerprint density at radius 2 is 1.36 bits per heavy atom. The van der Waals surface area contributed by atoms with Crippen molar-refractivity contribution in [1.82, 2.24) is 5.32 Å². The molecule has 1 unspecified atom stereocenters. The van der Waals surface area contributed by atoms with Gasteiger partial charge in [0.1, 0.15) is 6.04 Å². The highest BCUT2D eigenvalue weighted by Gasteiger charge is 2.32. The van der Waals surface area contributed by atoms with Gasteiger partial charge >= 0.3 is 12.1 Å². The fourth-order valence-electron chi connectivity index (χ4n) is 4.62. The lowest BCUT2D eigenvalue weighted by molar-refractivity contribution is -0.148. The van der Waals surface area contributed by atoms with E-state index in [2.05, 4.69) is 18.8 Å². The van der Waals surface area contributed by atoms with Gasteiger partial charge in [0.2, 0.25) is 0 Å². The molecular formula is C28H51NO4. The predicted molar refractivity (Wildman–Crippen MR) is 136 cm³/mol. The van der Waals surface area contributed by atoms with Crippen LogP contribution in [0.4, 0.5) is 4.79 Å². The minimum atomic E-state index is -0.594. The highest BCUT2D eigenvalue weighted by atomic mass is 16.6. The first-order chi connectivity index (χ1) is 16.2. The molecular weight excluding hydrogens is 414 g/mol. The molecule has 1 amide bonds. The number of amides is 1. The summed E-state index contributed by atoms with van der Waals surface area (Å²) in [6.07, 6.45) is 23.8. The van der Waals surface area contributed by atoms with E-state index in [-0.39, 0.29) is 18.5 Å². The third-order valence-electron chi connectivity index (χ3n) is 6.70. The molecule has 5 nitrogen and oxygen atoms in total. The van der Waals surface area contributed by atoms with Crippen molar-refractivity contribution in [1.29, 1.82) is 0 Å². The zero-order chi connectivity index (χ0) is 24.0. The number of hydrogen-bond acceptors (Lipinski definition) is 4. The lowest BCUT2D eigenvalue weighted by Crippen LogP contribution is -2.47. The van der Waals surface area contributed by atoms with E-state index in [1.165, 1.54) is 77.0 Å². The maximum atomic E-state index is 12.7. The summed E-state index contributed by atoms with van der Waals surface area (Å²) >= 11 is 0. The Balaban J connectivity index is 2.13. The highest BCUT2D eigenvalue weighted by molar-refractivity contribution is 5.81. The maximum Gasteiger partial charge on any atom is 0.407 e. The van der Waals surface area contributed by atoms with Gasteiger partial charge in [0.05, 0.1) is 13.2 Å². The van der Waals surface area contributed by atoms with Gasteiger partial charge in [-0.05, 0) is 31.6 Å². The van der Waals surface area contributed by atoms with Gasteiger partial charge in [0.25, 0.3) is 0 Å². The number of carbonyl (C=O) groups is 2. The van der Waals surface area contributed by atoms with Crippen LogP contribution in [0.3, 0.4) is 0 Å². The fraction of sp³-hybridized carbons (Fsp3) is 0.857. The molecule has 192 valence electrons. The Hall–Kier alpha value is -1.52. The molecule has 0 aromatic heterocycles. The van der Waals surface area contributed by atoms with Crippen LogP contribution in [0.5, 0.6) is 0 Å². The van der Waals surface area contributed by atoms with Gasteiger partial charge in [-0.3, -0.25) is 0 Å². The van der Waals surface area contributed by atoms with Gasteiger partial charge in [0.15, 0.2) is 0 Å². The van der Waals surface area contributed by atoms with Crippen molar-refractivity contribution < 1.29 is 19.1 Å². The summed E-state index contributed by atoms with van der Waals surface area (Å²) in [4.78, 5) is 24.8. The summed E-state index contributed by atoms with van der Waals surface area (Å²) in [5, 5.41) is 2.77. The SMILES string of the molecule is C=CCCOC(=O)NC(C(=O)OCCCCCCCCCCCCCCC)C1CCCCC1. The molecule has 1 aliphatic rings. The summed E-state index contributed by atoms with van der Waals surface area (Å²) in [5.41, 5.74) is 0. The average molecular weight is 466 g/mol. The average Bonchev–Trinajstić information content (AvgIpc) is 2.83. The van der Waals surface area contributed by atoms with Gasteiger partial charge in [-0.15, -0.1) is 6.58 Å². The Morgan fingerprint density at radius 3 is 1.91 bits per heavy atom. The van der Waals surface area contributed by atoms with Crippen molar-refractivity contribution in [2.24, 2.45) is 5.92 Å². The number of esters is 1. The Labute approximate surface area is 203 Å². The number of hydrogen-bond donors (Lipinski definition) is 1. The van der Waals surface area contributed by atoms with Crippen LogP contribution < -0.4 is 5.32 Å². The standard InChI is InChI=1S/C28H51NO4/c1-3-5-7-8-9-10-11-12-13-14-15-16-20-24-32-27(30)26(25-21-18-17-19-22-25)29-28(31)33-23-6-4-2/h4,25-26H,2-3,5-24H2,1H3,(H,29,31). The highest BCUT2D eigenvalue weighted by Crippen LogP contribution is 2.27. The summed E-state index contributed by atoms with van der Waals surface area (Å²) in [6, 6.07) is -0.594. The van der Waals surface area contributed by atoms with Gasteiger partial charge in [-0.2, -0.15) is 0 Å². The van der Waals surface area contributed by atoms with Gasteiger partial charge in [-0.1, -0.05) is 109 Å². The largest absolute Gasteiger partial charge is 0.464 e. The summed E-state index contributed by atoms with van der Waals surface area (Å²) in [7, 11) is 0. The summed E-state index contributed by atoms with van der Waals surface area (Å²) in [5.74, 6) is -0.161. The molecule has 1 fully saturated rings. The molecule has 1 atom stereocenters. The number of unbranched alkanes of at least 4 members (excludes halogenated alkanes) is 12. The Kier molecular flexibility index (Phi) is 18.8. The second-order valence-electron chi connectivity index (χ2n) is 9.64. The van der Waals surface area contributed by atoms with Crippen molar-refractivity contribution in [3.63, 3.8) is 0 Å². The molecule has 5 heteroatoms. The molecule has 0 aliphatic heterocycles. The monoisotopic (exact) mass is 465 g/mol. The van der Waals surface area contributed by atoms with Crippen LogP contribution in [0.25, 0.3) is 0 Å². The van der Waals surface area contributed by atoms with Crippen molar-refractivity contribution in [3.8, 4) is 0 Å². The fourth-order valence-corrected chi connectivity index (χ4v) is 4.62. The van der Waals surface area contributed by atoms with Crippen molar-refractivity contribution >= 4 is 12.1 Å². The normalized spacial score (nSPS) is 15.1. The van der Waals surface area contributed by atoms with E-state index in [0.717, 1.165) is 38.5 Å². The van der Waals surface area contributed by atoms with E-state index < -0.39 is 12.1 Å². The Morgan fingerprint density at radius 1 is 0.818 bits per heavy atom. The van der Waals surface area contributed by atoms with Crippen LogP contribution in [-0.2, 0) is 14.3 Å². The van der Waals surface area contributed by atoms with Crippen molar-refractivity contribution in [2.45, 2.75) is 135 Å². The first kappa shape index (κ1) is 29.5. The third kappa shape index (κ3) is 15.9. The minimum Gasteiger partial charge on any atom is -0.464 e. The first-order valence-corrected chi connectivity index (χ1v) is 13.9. The molecule has 0 aromatic rings. The van der Waals surface area contributed by atoms with Gasteiger partial charge < -0.3 is 14.8 Å². The predicted octanol–water partition coefficient (Wildman–Crippen LogP) is 7.87. The van der Waals surface area contributed by atoms with E-state index >= 15 is 0 Å². The quantitative estimate of drug-likeness (QED) is 0.113. The van der Waals surface area contributed by atoms with Crippen molar-refractivity contribution in [2.75, 3.05) is 13.2 Å². The number of nitrogens with one attached hydrogen (secondary N) is 1. The minimum absolute atomic E-state index is 0.143. The van der Waals surface area contributed by atoms with Crippen LogP contribution in [0, 0.1) is 5.92 Å². The lowest BCUT2D eigenvalue weighted by atomic mass is 9.84. The van der Waals surface area contributed by atoms with Crippen LogP contribution in [0.15, 0.2) is 12.7 Å². The van der Waals surface area contributed by atoms with E-state index in [0.29, 0.717) is 13.0 Å². The molecule has 0 saturated heterocycles. The Bertz CT molecular complexity index is 502. The van der Waals surface area contributed by atoms with Crippen LogP contribution in [-0.4, -0.2) is 31.3 Å².